The van der Waals surface area contributed by atoms with Crippen LogP contribution in [0.2, 0.25) is 0 Å². The first kappa shape index (κ1) is 9.76. The molecule has 60 valence electrons. The van der Waals surface area contributed by atoms with E-state index in [0.29, 0.717) is 0 Å². The zero-order valence-corrected chi connectivity index (χ0v) is 7.03. The highest BCUT2D eigenvalue weighted by Gasteiger charge is 1.57. The van der Waals surface area contributed by atoms with E-state index >= 15 is 0 Å². The van der Waals surface area contributed by atoms with Crippen molar-refractivity contribution in [3.05, 3.63) is 48.7 Å². The summed E-state index contributed by atoms with van der Waals surface area (Å²) in [4.78, 5) is 0. The smallest absolute Gasteiger partial charge is 0.0781 e. The topological polar surface area (TPSA) is 9.23 Å². The van der Waals surface area contributed by atoms with E-state index in [4.69, 9.17) is 0 Å². The molecule has 1 rings (SSSR count). The largest absolute Gasteiger partial charge is 0.505 e. The highest BCUT2D eigenvalue weighted by Crippen LogP contribution is 1.79. The zero-order chi connectivity index (χ0) is 8.36. The van der Waals surface area contributed by atoms with Crippen molar-refractivity contribution in [2.45, 2.75) is 6.92 Å². The van der Waals surface area contributed by atoms with Crippen molar-refractivity contribution in [2.24, 2.45) is 0 Å². The summed E-state index contributed by atoms with van der Waals surface area (Å²) >= 11 is 0. The van der Waals surface area contributed by atoms with Gasteiger partial charge in [0.25, 0.3) is 0 Å². The van der Waals surface area contributed by atoms with Crippen molar-refractivity contribution in [1.82, 2.24) is 0 Å². The lowest BCUT2D eigenvalue weighted by molar-refractivity contribution is 0.337. The Morgan fingerprint density at radius 2 is 1.27 bits per heavy atom. The second kappa shape index (κ2) is 8.76. The van der Waals surface area contributed by atoms with Crippen LogP contribution < -0.4 is 0 Å². The molecule has 0 bridgehead atoms. The lowest BCUT2D eigenvalue weighted by atomic mass is 10.4. The minimum absolute atomic E-state index is 1.62. The van der Waals surface area contributed by atoms with Gasteiger partial charge in [0, 0.05) is 0 Å². The van der Waals surface area contributed by atoms with Gasteiger partial charge in [-0.1, -0.05) is 42.5 Å². The Morgan fingerprint density at radius 3 is 1.36 bits per heavy atom. The molecule has 1 nitrogen and oxygen atoms in total. The second-order valence-corrected chi connectivity index (χ2v) is 1.86. The van der Waals surface area contributed by atoms with Gasteiger partial charge in [0.2, 0.25) is 0 Å². The maximum Gasteiger partial charge on any atom is 0.0781 e. The summed E-state index contributed by atoms with van der Waals surface area (Å²) in [6.45, 7) is 1.91. The van der Waals surface area contributed by atoms with E-state index in [1.54, 1.807) is 13.4 Å². The van der Waals surface area contributed by atoms with Crippen molar-refractivity contribution >= 4 is 0 Å². The van der Waals surface area contributed by atoms with E-state index < -0.39 is 0 Å². The lowest BCUT2D eigenvalue weighted by Crippen LogP contribution is -1.57. The molecule has 0 aromatic heterocycles. The molecule has 0 radical (unpaired) electrons. The Labute approximate surface area is 68.3 Å². The number of hydrogen-bond donors (Lipinski definition) is 0. The summed E-state index contributed by atoms with van der Waals surface area (Å²) in [6, 6.07) is 12.0. The molecule has 11 heavy (non-hydrogen) atoms. The lowest BCUT2D eigenvalue weighted by Gasteiger charge is -1.76. The molecule has 0 N–H and O–H groups in total. The third-order valence-corrected chi connectivity index (χ3v) is 0.939. The SMILES string of the molecule is CC=COC.c1ccccc1. The Bertz CT molecular complexity index is 141. The molecule has 0 fully saturated rings. The molecule has 1 aromatic carbocycles. The molecule has 0 amide bonds. The summed E-state index contributed by atoms with van der Waals surface area (Å²) in [5.41, 5.74) is 0. The van der Waals surface area contributed by atoms with Gasteiger partial charge >= 0.3 is 0 Å². The summed E-state index contributed by atoms with van der Waals surface area (Å²) in [5, 5.41) is 0. The molecule has 0 aliphatic carbocycles. The molecule has 0 saturated heterocycles. The highest BCUT2D eigenvalue weighted by atomic mass is 16.5. The Morgan fingerprint density at radius 1 is 0.909 bits per heavy atom. The molecular weight excluding hydrogens is 136 g/mol. The van der Waals surface area contributed by atoms with Crippen molar-refractivity contribution in [3.63, 3.8) is 0 Å². The quantitative estimate of drug-likeness (QED) is 0.559. The van der Waals surface area contributed by atoms with Crippen LogP contribution in [0.5, 0.6) is 0 Å². The van der Waals surface area contributed by atoms with Crippen LogP contribution in [0.25, 0.3) is 0 Å². The van der Waals surface area contributed by atoms with Gasteiger partial charge in [0.1, 0.15) is 0 Å². The molecule has 1 aromatic rings. The fraction of sp³-hybridized carbons (Fsp3) is 0.200. The molecule has 0 heterocycles. The first-order chi connectivity index (χ1) is 5.41. The summed E-state index contributed by atoms with van der Waals surface area (Å²) in [7, 11) is 1.62. The molecule has 0 aliphatic heterocycles. The van der Waals surface area contributed by atoms with E-state index in [0.717, 1.165) is 0 Å². The van der Waals surface area contributed by atoms with Crippen molar-refractivity contribution in [2.75, 3.05) is 7.11 Å². The van der Waals surface area contributed by atoms with E-state index in [9.17, 15) is 0 Å². The van der Waals surface area contributed by atoms with E-state index in [1.807, 2.05) is 49.4 Å². The predicted octanol–water partition coefficient (Wildman–Crippen LogP) is 2.85. The number of methoxy groups -OCH3 is 1. The van der Waals surface area contributed by atoms with Gasteiger partial charge in [-0.3, -0.25) is 0 Å². The minimum Gasteiger partial charge on any atom is -0.505 e. The van der Waals surface area contributed by atoms with Crippen LogP contribution in [0.15, 0.2) is 48.7 Å². The molecule has 0 atom stereocenters. The standard InChI is InChI=1S/C6H6.C4H8O/c1-2-4-6-5-3-1;1-3-4-5-2/h1-6H;3-4H,1-2H3. The van der Waals surface area contributed by atoms with Gasteiger partial charge in [0.05, 0.1) is 13.4 Å². The summed E-state index contributed by atoms with van der Waals surface area (Å²) < 4.78 is 4.51. The molecule has 0 spiro atoms. The Hall–Kier alpha value is -1.24. The van der Waals surface area contributed by atoms with Crippen LogP contribution in [0.4, 0.5) is 0 Å². The number of benzene rings is 1. The third-order valence-electron chi connectivity index (χ3n) is 0.939. The Kier molecular flexibility index (Phi) is 7.77. The van der Waals surface area contributed by atoms with Crippen molar-refractivity contribution < 1.29 is 4.74 Å². The van der Waals surface area contributed by atoms with Crippen LogP contribution >= 0.6 is 0 Å². The number of hydrogen-bond acceptors (Lipinski definition) is 1. The van der Waals surface area contributed by atoms with E-state index in [2.05, 4.69) is 4.74 Å². The van der Waals surface area contributed by atoms with Gasteiger partial charge in [-0.25, -0.2) is 0 Å². The average Bonchev–Trinajstić information content (AvgIpc) is 2.10. The Balaban J connectivity index is 0.000000187. The van der Waals surface area contributed by atoms with E-state index in [1.165, 1.54) is 0 Å². The molecular formula is C10H14O. The fourth-order valence-corrected chi connectivity index (χ4v) is 0.521. The number of allylic oxidation sites excluding steroid dienone is 1. The van der Waals surface area contributed by atoms with Gasteiger partial charge in [-0.2, -0.15) is 0 Å². The maximum absolute atomic E-state index is 4.51. The van der Waals surface area contributed by atoms with Gasteiger partial charge in [-0.15, -0.1) is 0 Å². The van der Waals surface area contributed by atoms with Crippen molar-refractivity contribution in [1.29, 1.82) is 0 Å². The van der Waals surface area contributed by atoms with E-state index in [-0.39, 0.29) is 0 Å². The zero-order valence-electron chi connectivity index (χ0n) is 7.03. The maximum atomic E-state index is 4.51. The predicted molar refractivity (Wildman–Crippen MR) is 48.3 cm³/mol. The highest BCUT2D eigenvalue weighted by molar-refractivity contribution is 4.99. The normalized spacial score (nSPS) is 8.55. The van der Waals surface area contributed by atoms with Gasteiger partial charge < -0.3 is 4.74 Å². The first-order valence-electron chi connectivity index (χ1n) is 3.55. The molecule has 0 saturated carbocycles. The van der Waals surface area contributed by atoms with Gasteiger partial charge in [-0.05, 0) is 6.92 Å². The van der Waals surface area contributed by atoms with Crippen LogP contribution in [-0.4, -0.2) is 7.11 Å². The third kappa shape index (κ3) is 8.76. The van der Waals surface area contributed by atoms with Gasteiger partial charge in [0.15, 0.2) is 0 Å². The fourth-order valence-electron chi connectivity index (χ4n) is 0.521. The molecule has 0 aliphatic rings. The number of ether oxygens (including phenoxy) is 1. The monoisotopic (exact) mass is 150 g/mol. The molecule has 0 unspecified atom stereocenters. The minimum atomic E-state index is 1.62. The second-order valence-electron chi connectivity index (χ2n) is 1.86. The first-order valence-corrected chi connectivity index (χ1v) is 3.55. The van der Waals surface area contributed by atoms with Crippen LogP contribution in [0.3, 0.4) is 0 Å². The van der Waals surface area contributed by atoms with Crippen molar-refractivity contribution in [3.8, 4) is 0 Å². The summed E-state index contributed by atoms with van der Waals surface area (Å²) in [5.74, 6) is 0. The van der Waals surface area contributed by atoms with Crippen LogP contribution in [0.1, 0.15) is 6.92 Å². The van der Waals surface area contributed by atoms with Crippen LogP contribution in [0, 0.1) is 0 Å². The number of rotatable bonds is 1. The average molecular weight is 150 g/mol. The van der Waals surface area contributed by atoms with Crippen LogP contribution in [-0.2, 0) is 4.74 Å². The summed E-state index contributed by atoms with van der Waals surface area (Å²) in [6.07, 6.45) is 3.46. The molecule has 1 heteroatoms.